The van der Waals surface area contributed by atoms with Crippen LogP contribution in [0.3, 0.4) is 0 Å². The Morgan fingerprint density at radius 2 is 1.57 bits per heavy atom. The van der Waals surface area contributed by atoms with Gasteiger partial charge < -0.3 is 5.32 Å². The van der Waals surface area contributed by atoms with Crippen molar-refractivity contribution in [3.63, 3.8) is 0 Å². The number of carbonyl (C=O) groups is 2. The topological polar surface area (TPSA) is 84.8 Å². The smallest absolute Gasteiger partial charge is 0.255 e. The largest absolute Gasteiger partial charge is 0.322 e. The maximum atomic E-state index is 13.4. The van der Waals surface area contributed by atoms with E-state index in [-0.39, 0.29) is 11.3 Å². The molecule has 0 aliphatic carbocycles. The molecule has 0 saturated heterocycles. The molecule has 7 heteroatoms. The summed E-state index contributed by atoms with van der Waals surface area (Å²) in [6.45, 7) is 1.92. The Hall–Kier alpha value is -4.78. The molecule has 2 aromatic heterocycles. The molecule has 0 aliphatic rings. The number of fused-ring (bicyclic) bond motifs is 1. The van der Waals surface area contributed by atoms with Crippen molar-refractivity contribution < 1.29 is 14.0 Å². The molecule has 0 radical (unpaired) electrons. The van der Waals surface area contributed by atoms with Gasteiger partial charge in [0.2, 0.25) is 0 Å². The van der Waals surface area contributed by atoms with Crippen LogP contribution in [0.15, 0.2) is 91.3 Å². The Bertz CT molecular complexity index is 1570. The van der Waals surface area contributed by atoms with E-state index in [2.05, 4.69) is 20.3 Å². The fourth-order valence-corrected chi connectivity index (χ4v) is 3.62. The van der Waals surface area contributed by atoms with E-state index in [9.17, 15) is 14.0 Å². The second-order valence-corrected chi connectivity index (χ2v) is 8.02. The predicted octanol–water partition coefficient (Wildman–Crippen LogP) is 5.62. The lowest BCUT2D eigenvalue weighted by Gasteiger charge is -2.08. The summed E-state index contributed by atoms with van der Waals surface area (Å²) in [4.78, 5) is 38.8. The second-order valence-electron chi connectivity index (χ2n) is 8.02. The van der Waals surface area contributed by atoms with E-state index in [1.807, 2.05) is 19.1 Å². The normalized spacial score (nSPS) is 10.8. The van der Waals surface area contributed by atoms with Crippen molar-refractivity contribution in [1.29, 1.82) is 0 Å². The molecule has 35 heavy (non-hydrogen) atoms. The van der Waals surface area contributed by atoms with Crippen LogP contribution in [0.25, 0.3) is 22.3 Å². The van der Waals surface area contributed by atoms with Gasteiger partial charge in [-0.1, -0.05) is 6.07 Å². The van der Waals surface area contributed by atoms with Gasteiger partial charge in [-0.15, -0.1) is 0 Å². The summed E-state index contributed by atoms with van der Waals surface area (Å²) in [5.74, 6) is -1.10. The predicted molar refractivity (Wildman–Crippen MR) is 132 cm³/mol. The van der Waals surface area contributed by atoms with E-state index >= 15 is 0 Å². The van der Waals surface area contributed by atoms with Gasteiger partial charge in [0.15, 0.2) is 5.78 Å². The van der Waals surface area contributed by atoms with Gasteiger partial charge in [0.05, 0.1) is 22.9 Å². The molecule has 1 amide bonds. The first kappa shape index (κ1) is 22.0. The van der Waals surface area contributed by atoms with Gasteiger partial charge in [0.25, 0.3) is 5.91 Å². The quantitative estimate of drug-likeness (QED) is 0.343. The molecule has 1 N–H and O–H groups in total. The Kier molecular flexibility index (Phi) is 5.81. The molecular weight excluding hydrogens is 443 g/mol. The van der Waals surface area contributed by atoms with E-state index in [4.69, 9.17) is 0 Å². The Labute approximate surface area is 200 Å². The molecule has 0 spiro atoms. The van der Waals surface area contributed by atoms with Crippen molar-refractivity contribution in [2.45, 2.75) is 6.92 Å². The maximum absolute atomic E-state index is 13.4. The molecule has 5 rings (SSSR count). The van der Waals surface area contributed by atoms with Gasteiger partial charge in [-0.25, -0.2) is 9.37 Å². The summed E-state index contributed by atoms with van der Waals surface area (Å²) in [6.07, 6.45) is 3.43. The van der Waals surface area contributed by atoms with Crippen molar-refractivity contribution in [2.24, 2.45) is 0 Å². The highest BCUT2D eigenvalue weighted by atomic mass is 19.1. The SMILES string of the molecule is Cc1ccc(-c2cnc3ccc(C(=O)c4ccc(NC(=O)c5cccc(F)c5)cc4)cc3n2)cn1. The van der Waals surface area contributed by atoms with Gasteiger partial charge in [-0.05, 0) is 79.7 Å². The summed E-state index contributed by atoms with van der Waals surface area (Å²) in [5.41, 5.74) is 5.36. The number of anilines is 1. The first-order chi connectivity index (χ1) is 17.0. The highest BCUT2D eigenvalue weighted by molar-refractivity contribution is 6.11. The van der Waals surface area contributed by atoms with Crippen molar-refractivity contribution in [1.82, 2.24) is 15.0 Å². The lowest BCUT2D eigenvalue weighted by molar-refractivity contribution is 0.102. The Morgan fingerprint density at radius 3 is 2.31 bits per heavy atom. The molecule has 0 aliphatic heterocycles. The number of pyridine rings is 1. The van der Waals surface area contributed by atoms with Crippen LogP contribution >= 0.6 is 0 Å². The Balaban J connectivity index is 1.36. The number of nitrogens with zero attached hydrogens (tertiary/aromatic N) is 3. The van der Waals surface area contributed by atoms with Gasteiger partial charge in [-0.3, -0.25) is 19.6 Å². The van der Waals surface area contributed by atoms with E-state index in [1.54, 1.807) is 54.9 Å². The molecular formula is C28H19FN4O2. The summed E-state index contributed by atoms with van der Waals surface area (Å²) < 4.78 is 13.4. The van der Waals surface area contributed by atoms with Crippen LogP contribution in [0.1, 0.15) is 32.0 Å². The van der Waals surface area contributed by atoms with E-state index in [0.717, 1.165) is 17.3 Å². The van der Waals surface area contributed by atoms with E-state index < -0.39 is 11.7 Å². The number of carbonyl (C=O) groups excluding carboxylic acids is 2. The number of aryl methyl sites for hydroxylation is 1. The lowest BCUT2D eigenvalue weighted by Crippen LogP contribution is -2.12. The number of nitrogens with one attached hydrogen (secondary N) is 1. The fraction of sp³-hybridized carbons (Fsp3) is 0.0357. The number of aromatic nitrogens is 3. The van der Waals surface area contributed by atoms with Crippen LogP contribution in [-0.2, 0) is 0 Å². The zero-order valence-corrected chi connectivity index (χ0v) is 18.7. The highest BCUT2D eigenvalue weighted by Crippen LogP contribution is 2.21. The zero-order valence-electron chi connectivity index (χ0n) is 18.7. The average molecular weight is 462 g/mol. The number of hydrogen-bond acceptors (Lipinski definition) is 5. The van der Waals surface area contributed by atoms with Crippen LogP contribution in [0.4, 0.5) is 10.1 Å². The summed E-state index contributed by atoms with van der Waals surface area (Å²) in [7, 11) is 0. The molecule has 0 saturated carbocycles. The number of halogens is 1. The summed E-state index contributed by atoms with van der Waals surface area (Å²) in [6, 6.07) is 21.0. The van der Waals surface area contributed by atoms with Crippen molar-refractivity contribution >= 4 is 28.4 Å². The molecule has 0 atom stereocenters. The van der Waals surface area contributed by atoms with Crippen LogP contribution in [0.5, 0.6) is 0 Å². The molecule has 2 heterocycles. The third-order valence-electron chi connectivity index (χ3n) is 5.50. The fourth-order valence-electron chi connectivity index (χ4n) is 3.62. The van der Waals surface area contributed by atoms with Crippen LogP contribution in [-0.4, -0.2) is 26.6 Å². The second kappa shape index (κ2) is 9.23. The molecule has 6 nitrogen and oxygen atoms in total. The minimum absolute atomic E-state index is 0.181. The minimum atomic E-state index is -0.485. The third kappa shape index (κ3) is 4.79. The van der Waals surface area contributed by atoms with Crippen LogP contribution in [0, 0.1) is 12.7 Å². The summed E-state index contributed by atoms with van der Waals surface area (Å²) in [5, 5.41) is 2.70. The first-order valence-corrected chi connectivity index (χ1v) is 10.9. The van der Waals surface area contributed by atoms with E-state index in [0.29, 0.717) is 33.5 Å². The number of amides is 1. The number of hydrogen-bond donors (Lipinski definition) is 1. The molecule has 0 bridgehead atoms. The average Bonchev–Trinajstić information content (AvgIpc) is 2.88. The van der Waals surface area contributed by atoms with Crippen molar-refractivity contribution in [2.75, 3.05) is 5.32 Å². The van der Waals surface area contributed by atoms with Crippen LogP contribution in [0.2, 0.25) is 0 Å². The third-order valence-corrected chi connectivity index (χ3v) is 5.50. The molecule has 170 valence electrons. The van der Waals surface area contributed by atoms with Gasteiger partial charge in [-0.2, -0.15) is 0 Å². The van der Waals surface area contributed by atoms with Crippen molar-refractivity contribution in [3.8, 4) is 11.3 Å². The number of benzene rings is 3. The van der Waals surface area contributed by atoms with Gasteiger partial charge in [0.1, 0.15) is 5.82 Å². The van der Waals surface area contributed by atoms with Crippen LogP contribution < -0.4 is 5.32 Å². The standard InChI is InChI=1S/C28H19FN4O2/c1-17-5-6-21(15-30-17)26-16-31-24-12-9-19(14-25(24)33-26)27(34)18-7-10-23(11-8-18)32-28(35)20-3-2-4-22(29)13-20/h2-16H,1H3,(H,32,35). The number of rotatable bonds is 5. The van der Waals surface area contributed by atoms with E-state index in [1.165, 1.54) is 18.2 Å². The Morgan fingerprint density at radius 1 is 0.771 bits per heavy atom. The number of ketones is 1. The summed E-state index contributed by atoms with van der Waals surface area (Å²) >= 11 is 0. The van der Waals surface area contributed by atoms with Crippen molar-refractivity contribution in [3.05, 3.63) is 119 Å². The van der Waals surface area contributed by atoms with Gasteiger partial charge in [0, 0.05) is 39.8 Å². The maximum Gasteiger partial charge on any atom is 0.255 e. The highest BCUT2D eigenvalue weighted by Gasteiger charge is 2.13. The zero-order chi connectivity index (χ0) is 24.4. The molecule has 0 fully saturated rings. The monoisotopic (exact) mass is 462 g/mol. The molecule has 5 aromatic rings. The molecule has 0 unspecified atom stereocenters. The van der Waals surface area contributed by atoms with Gasteiger partial charge >= 0.3 is 0 Å². The molecule has 3 aromatic carbocycles. The minimum Gasteiger partial charge on any atom is -0.322 e. The first-order valence-electron chi connectivity index (χ1n) is 10.9. The lowest BCUT2D eigenvalue weighted by atomic mass is 10.0.